The zero-order valence-electron chi connectivity index (χ0n) is 12.4. The average molecular weight is 351 g/mol. The number of aryl methyl sites for hydroxylation is 1. The van der Waals surface area contributed by atoms with Gasteiger partial charge in [-0.3, -0.25) is 0 Å². The maximum atomic E-state index is 12.1. The van der Waals surface area contributed by atoms with Gasteiger partial charge in [-0.25, -0.2) is 4.72 Å². The first-order valence-corrected chi connectivity index (χ1v) is 10.4. The summed E-state index contributed by atoms with van der Waals surface area (Å²) in [5.74, 6) is 1.47. The smallest absolute Gasteiger partial charge is 0.202 e. The van der Waals surface area contributed by atoms with E-state index < -0.39 is 10.2 Å². The summed E-state index contributed by atoms with van der Waals surface area (Å²) >= 11 is 3.19. The largest absolute Gasteiger partial charge is 0.279 e. The van der Waals surface area contributed by atoms with Gasteiger partial charge in [-0.2, -0.15) is 12.7 Å². The van der Waals surface area contributed by atoms with Crippen LogP contribution in [0.25, 0.3) is 0 Å². The molecule has 1 saturated heterocycles. The molecule has 6 nitrogen and oxygen atoms in total. The number of thioether (sulfide) groups is 1. The summed E-state index contributed by atoms with van der Waals surface area (Å²) in [5.41, 5.74) is 0. The molecule has 120 valence electrons. The third-order valence-corrected chi connectivity index (χ3v) is 7.09. The molecule has 0 saturated carbocycles. The van der Waals surface area contributed by atoms with E-state index in [0.717, 1.165) is 34.4 Å². The van der Waals surface area contributed by atoms with Crippen LogP contribution in [0, 0.1) is 12.8 Å². The van der Waals surface area contributed by atoms with Gasteiger partial charge in [0.1, 0.15) is 5.01 Å². The van der Waals surface area contributed by atoms with Gasteiger partial charge in [-0.1, -0.05) is 30.0 Å². The van der Waals surface area contributed by atoms with Crippen molar-refractivity contribution in [2.45, 2.75) is 37.4 Å². The second-order valence-corrected chi connectivity index (χ2v) is 9.55. The van der Waals surface area contributed by atoms with Gasteiger partial charge in [0.25, 0.3) is 10.2 Å². The van der Waals surface area contributed by atoms with E-state index in [1.54, 1.807) is 27.4 Å². The molecule has 0 radical (unpaired) electrons. The maximum Gasteiger partial charge on any atom is 0.279 e. The van der Waals surface area contributed by atoms with Crippen LogP contribution >= 0.6 is 23.1 Å². The fourth-order valence-electron chi connectivity index (χ4n) is 2.09. The van der Waals surface area contributed by atoms with Gasteiger partial charge in [0.2, 0.25) is 0 Å². The summed E-state index contributed by atoms with van der Waals surface area (Å²) in [5, 5.41) is 8.93. The summed E-state index contributed by atoms with van der Waals surface area (Å²) in [6.45, 7) is 5.84. The lowest BCUT2D eigenvalue weighted by atomic mass is 10.0. The molecule has 0 atom stereocenters. The summed E-state index contributed by atoms with van der Waals surface area (Å²) in [4.78, 5) is 0. The van der Waals surface area contributed by atoms with Crippen molar-refractivity contribution in [3.63, 3.8) is 0 Å². The Balaban J connectivity index is 1.65. The molecule has 2 rings (SSSR count). The second kappa shape index (κ2) is 7.87. The number of nitrogens with one attached hydrogen (secondary N) is 1. The van der Waals surface area contributed by atoms with E-state index in [4.69, 9.17) is 0 Å². The highest BCUT2D eigenvalue weighted by Gasteiger charge is 2.25. The lowest BCUT2D eigenvalue weighted by Gasteiger charge is -2.29. The van der Waals surface area contributed by atoms with Gasteiger partial charge in [-0.05, 0) is 32.1 Å². The van der Waals surface area contributed by atoms with Gasteiger partial charge in [-0.15, -0.1) is 10.2 Å². The fourth-order valence-corrected chi connectivity index (χ4v) is 5.19. The minimum absolute atomic E-state index is 0.471. The summed E-state index contributed by atoms with van der Waals surface area (Å²) in [6, 6.07) is 0. The topological polar surface area (TPSA) is 75.2 Å². The maximum absolute atomic E-state index is 12.1. The molecular weight excluding hydrogens is 328 g/mol. The molecule has 9 heteroatoms. The van der Waals surface area contributed by atoms with Crippen LogP contribution in [0.4, 0.5) is 0 Å². The fraction of sp³-hybridized carbons (Fsp3) is 0.833. The Morgan fingerprint density at radius 3 is 2.71 bits per heavy atom. The monoisotopic (exact) mass is 350 g/mol. The van der Waals surface area contributed by atoms with Crippen molar-refractivity contribution in [3.05, 3.63) is 5.01 Å². The Labute approximate surface area is 134 Å². The molecule has 1 aromatic rings. The van der Waals surface area contributed by atoms with E-state index in [0.29, 0.717) is 25.6 Å². The van der Waals surface area contributed by atoms with Crippen LogP contribution in [0.2, 0.25) is 0 Å². The van der Waals surface area contributed by atoms with Crippen molar-refractivity contribution in [3.8, 4) is 0 Å². The zero-order valence-corrected chi connectivity index (χ0v) is 14.9. The van der Waals surface area contributed by atoms with E-state index in [-0.39, 0.29) is 0 Å². The predicted molar refractivity (Wildman–Crippen MR) is 86.9 cm³/mol. The summed E-state index contributed by atoms with van der Waals surface area (Å²) < 4.78 is 29.4. The van der Waals surface area contributed by atoms with E-state index in [9.17, 15) is 8.42 Å². The Morgan fingerprint density at radius 1 is 1.38 bits per heavy atom. The molecule has 21 heavy (non-hydrogen) atoms. The highest BCUT2D eigenvalue weighted by atomic mass is 32.2. The molecular formula is C12H22N4O2S3. The SMILES string of the molecule is Cc1nnc(SCCCNS(=O)(=O)N2CCC(C)CC2)s1. The molecule has 1 aliphatic heterocycles. The normalized spacial score (nSPS) is 18.2. The van der Waals surface area contributed by atoms with Crippen molar-refractivity contribution >= 4 is 33.3 Å². The van der Waals surface area contributed by atoms with E-state index in [2.05, 4.69) is 21.8 Å². The average Bonchev–Trinajstić information content (AvgIpc) is 2.84. The van der Waals surface area contributed by atoms with Crippen molar-refractivity contribution in [2.75, 3.05) is 25.4 Å². The van der Waals surface area contributed by atoms with E-state index in [1.807, 2.05) is 6.92 Å². The van der Waals surface area contributed by atoms with Crippen LogP contribution < -0.4 is 4.72 Å². The lowest BCUT2D eigenvalue weighted by molar-refractivity contribution is 0.285. The Morgan fingerprint density at radius 2 is 2.10 bits per heavy atom. The van der Waals surface area contributed by atoms with Crippen LogP contribution in [-0.2, 0) is 10.2 Å². The van der Waals surface area contributed by atoms with Crippen molar-refractivity contribution in [1.82, 2.24) is 19.2 Å². The van der Waals surface area contributed by atoms with Gasteiger partial charge >= 0.3 is 0 Å². The van der Waals surface area contributed by atoms with Gasteiger partial charge < -0.3 is 0 Å². The summed E-state index contributed by atoms with van der Waals surface area (Å²) in [6.07, 6.45) is 2.69. The van der Waals surface area contributed by atoms with Gasteiger partial charge in [0.05, 0.1) is 0 Å². The molecule has 0 unspecified atom stereocenters. The van der Waals surface area contributed by atoms with Crippen LogP contribution in [0.3, 0.4) is 0 Å². The van der Waals surface area contributed by atoms with Gasteiger partial charge in [0.15, 0.2) is 4.34 Å². The molecule has 0 bridgehead atoms. The van der Waals surface area contributed by atoms with Gasteiger partial charge in [0, 0.05) is 25.4 Å². The van der Waals surface area contributed by atoms with Crippen LogP contribution in [-0.4, -0.2) is 48.3 Å². The number of rotatable bonds is 7. The molecule has 1 aliphatic rings. The highest BCUT2D eigenvalue weighted by molar-refractivity contribution is 8.01. The van der Waals surface area contributed by atoms with Crippen LogP contribution in [0.1, 0.15) is 31.2 Å². The highest BCUT2D eigenvalue weighted by Crippen LogP contribution is 2.22. The minimum atomic E-state index is -3.30. The first kappa shape index (κ1) is 17.1. The Kier molecular flexibility index (Phi) is 6.42. The molecule has 0 amide bonds. The predicted octanol–water partition coefficient (Wildman–Crippen LogP) is 1.90. The second-order valence-electron chi connectivity index (χ2n) is 5.27. The molecule has 2 heterocycles. The standard InChI is InChI=1S/C12H22N4O2S3/c1-10-4-7-16(8-5-10)21(17,18)13-6-3-9-19-12-15-14-11(2)20-12/h10,13H,3-9H2,1-2H3. The number of hydrogen-bond acceptors (Lipinski definition) is 6. The van der Waals surface area contributed by atoms with Crippen LogP contribution in [0.5, 0.6) is 0 Å². The quantitative estimate of drug-likeness (QED) is 0.600. The number of piperidine rings is 1. The molecule has 0 aliphatic carbocycles. The minimum Gasteiger partial charge on any atom is -0.202 e. The third kappa shape index (κ3) is 5.48. The molecule has 1 fully saturated rings. The Bertz CT molecular complexity index is 538. The molecule has 0 spiro atoms. The number of hydrogen-bond donors (Lipinski definition) is 1. The zero-order chi connectivity index (χ0) is 15.3. The number of aromatic nitrogens is 2. The van der Waals surface area contributed by atoms with E-state index >= 15 is 0 Å². The molecule has 1 N–H and O–H groups in total. The molecule has 1 aromatic heterocycles. The Hall–Kier alpha value is -0.220. The first-order valence-electron chi connectivity index (χ1n) is 7.15. The number of nitrogens with zero attached hydrogens (tertiary/aromatic N) is 3. The van der Waals surface area contributed by atoms with Crippen molar-refractivity contribution in [1.29, 1.82) is 0 Å². The van der Waals surface area contributed by atoms with E-state index in [1.165, 1.54) is 0 Å². The summed E-state index contributed by atoms with van der Waals surface area (Å²) in [7, 11) is -3.30. The van der Waals surface area contributed by atoms with Crippen molar-refractivity contribution < 1.29 is 8.42 Å². The first-order chi connectivity index (χ1) is 9.97. The lowest BCUT2D eigenvalue weighted by Crippen LogP contribution is -2.45. The van der Waals surface area contributed by atoms with Crippen molar-refractivity contribution in [2.24, 2.45) is 5.92 Å². The van der Waals surface area contributed by atoms with Crippen LogP contribution in [0.15, 0.2) is 4.34 Å². The third-order valence-electron chi connectivity index (χ3n) is 3.42. The molecule has 0 aromatic carbocycles.